The maximum atomic E-state index is 13.1. The number of nitrogens with zero attached hydrogens (tertiary/aromatic N) is 2. The zero-order valence-electron chi connectivity index (χ0n) is 15.0. The Balaban J connectivity index is 1.76. The topological polar surface area (TPSA) is 76.2 Å². The maximum Gasteiger partial charge on any atom is 0.269 e. The summed E-state index contributed by atoms with van der Waals surface area (Å²) in [6.45, 7) is 0.175. The predicted molar refractivity (Wildman–Crippen MR) is 111 cm³/mol. The second kappa shape index (κ2) is 9.13. The van der Waals surface area contributed by atoms with Crippen molar-refractivity contribution in [3.05, 3.63) is 104 Å². The minimum absolute atomic E-state index is 0.00970. The molecule has 0 aliphatic rings. The van der Waals surface area contributed by atoms with Gasteiger partial charge >= 0.3 is 0 Å². The molecule has 0 radical (unpaired) electrons. The molecule has 0 fully saturated rings. The molecule has 29 heavy (non-hydrogen) atoms. The molecule has 3 aromatic carbocycles. The number of nitro benzene ring substituents is 1. The SMILES string of the molecule is N#C/C(=C\c1ccc(OCc2cccc([N+](=O)[O-])c2)c(Br)c1)c1ccc(F)cc1. The van der Waals surface area contributed by atoms with Crippen molar-refractivity contribution in [2.75, 3.05) is 0 Å². The molecule has 3 aromatic rings. The van der Waals surface area contributed by atoms with E-state index in [1.165, 1.54) is 24.3 Å². The van der Waals surface area contributed by atoms with Crippen LogP contribution in [-0.4, -0.2) is 4.92 Å². The molecule has 0 aromatic heterocycles. The van der Waals surface area contributed by atoms with Gasteiger partial charge in [0, 0.05) is 12.1 Å². The number of hydrogen-bond acceptors (Lipinski definition) is 4. The monoisotopic (exact) mass is 452 g/mol. The van der Waals surface area contributed by atoms with Crippen LogP contribution in [0, 0.1) is 27.3 Å². The van der Waals surface area contributed by atoms with Gasteiger partial charge in [0.1, 0.15) is 18.2 Å². The summed E-state index contributed by atoms with van der Waals surface area (Å²) in [5, 5.41) is 20.3. The quantitative estimate of drug-likeness (QED) is 0.195. The van der Waals surface area contributed by atoms with E-state index in [2.05, 4.69) is 22.0 Å². The van der Waals surface area contributed by atoms with Crippen LogP contribution in [-0.2, 0) is 6.61 Å². The minimum atomic E-state index is -0.450. The van der Waals surface area contributed by atoms with Crippen LogP contribution in [0.1, 0.15) is 16.7 Å². The zero-order chi connectivity index (χ0) is 20.8. The summed E-state index contributed by atoms with van der Waals surface area (Å²) in [5.74, 6) is 0.202. The summed E-state index contributed by atoms with van der Waals surface area (Å²) < 4.78 is 19.5. The van der Waals surface area contributed by atoms with Crippen molar-refractivity contribution in [3.63, 3.8) is 0 Å². The second-order valence-corrected chi connectivity index (χ2v) is 6.94. The first-order chi connectivity index (χ1) is 14.0. The Labute approximate surface area is 175 Å². The number of benzene rings is 3. The minimum Gasteiger partial charge on any atom is -0.488 e. The number of nitro groups is 1. The molecule has 0 saturated heterocycles. The average Bonchev–Trinajstić information content (AvgIpc) is 2.72. The standard InChI is InChI=1S/C22H14BrFN2O3/c23-21-12-15(10-18(13-25)17-5-7-19(24)8-6-17)4-9-22(21)29-14-16-2-1-3-20(11-16)26(27)28/h1-12H,14H2/b18-10+. The van der Waals surface area contributed by atoms with E-state index < -0.39 is 4.92 Å². The molecular formula is C22H14BrFN2O3. The fourth-order valence-corrected chi connectivity index (χ4v) is 3.13. The van der Waals surface area contributed by atoms with E-state index in [4.69, 9.17) is 4.74 Å². The number of nitriles is 1. The normalized spacial score (nSPS) is 11.0. The first-order valence-corrected chi connectivity index (χ1v) is 9.29. The third-order valence-corrected chi connectivity index (χ3v) is 4.68. The highest BCUT2D eigenvalue weighted by molar-refractivity contribution is 9.10. The number of hydrogen-bond donors (Lipinski definition) is 0. The van der Waals surface area contributed by atoms with E-state index in [0.29, 0.717) is 26.9 Å². The van der Waals surface area contributed by atoms with Gasteiger partial charge in [-0.15, -0.1) is 0 Å². The number of non-ortho nitro benzene ring substituents is 1. The van der Waals surface area contributed by atoms with Crippen molar-refractivity contribution < 1.29 is 14.1 Å². The number of halogens is 2. The van der Waals surface area contributed by atoms with Gasteiger partial charge in [-0.25, -0.2) is 4.39 Å². The Hall–Kier alpha value is -3.50. The van der Waals surface area contributed by atoms with Gasteiger partial charge in [-0.1, -0.05) is 30.3 Å². The lowest BCUT2D eigenvalue weighted by Gasteiger charge is -2.09. The van der Waals surface area contributed by atoms with E-state index in [0.717, 1.165) is 5.56 Å². The van der Waals surface area contributed by atoms with Crippen molar-refractivity contribution in [2.45, 2.75) is 6.61 Å². The van der Waals surface area contributed by atoms with Crippen LogP contribution in [0.4, 0.5) is 10.1 Å². The van der Waals surface area contributed by atoms with Crippen molar-refractivity contribution in [1.82, 2.24) is 0 Å². The highest BCUT2D eigenvalue weighted by atomic mass is 79.9. The lowest BCUT2D eigenvalue weighted by atomic mass is 10.0. The first-order valence-electron chi connectivity index (χ1n) is 8.49. The first kappa shape index (κ1) is 20.2. The van der Waals surface area contributed by atoms with Gasteiger partial charge in [-0.05, 0) is 63.0 Å². The van der Waals surface area contributed by atoms with Gasteiger partial charge in [0.25, 0.3) is 5.69 Å². The van der Waals surface area contributed by atoms with Crippen molar-refractivity contribution >= 4 is 33.3 Å². The third-order valence-electron chi connectivity index (χ3n) is 4.06. The van der Waals surface area contributed by atoms with E-state index in [-0.39, 0.29) is 18.1 Å². The Morgan fingerprint density at radius 3 is 2.59 bits per heavy atom. The molecule has 5 nitrogen and oxygen atoms in total. The van der Waals surface area contributed by atoms with Crippen LogP contribution in [0.15, 0.2) is 71.2 Å². The molecule has 3 rings (SSSR count). The zero-order valence-corrected chi connectivity index (χ0v) is 16.6. The lowest BCUT2D eigenvalue weighted by Crippen LogP contribution is -1.97. The molecule has 0 atom stereocenters. The molecule has 7 heteroatoms. The molecule has 0 heterocycles. The number of ether oxygens (including phenoxy) is 1. The van der Waals surface area contributed by atoms with Gasteiger partial charge < -0.3 is 4.74 Å². The summed E-state index contributed by atoms with van der Waals surface area (Å²) in [6.07, 6.45) is 1.70. The molecule has 0 spiro atoms. The molecule has 0 saturated carbocycles. The van der Waals surface area contributed by atoms with E-state index in [1.807, 2.05) is 0 Å². The van der Waals surface area contributed by atoms with Crippen LogP contribution < -0.4 is 4.74 Å². The molecule has 0 unspecified atom stereocenters. The fourth-order valence-electron chi connectivity index (χ4n) is 2.62. The van der Waals surface area contributed by atoms with Gasteiger partial charge in [-0.3, -0.25) is 10.1 Å². The Kier molecular flexibility index (Phi) is 6.37. The van der Waals surface area contributed by atoms with Crippen LogP contribution in [0.3, 0.4) is 0 Å². The molecule has 0 bridgehead atoms. The Morgan fingerprint density at radius 1 is 1.17 bits per heavy atom. The smallest absolute Gasteiger partial charge is 0.269 e. The summed E-state index contributed by atoms with van der Waals surface area (Å²) in [4.78, 5) is 10.4. The third kappa shape index (κ3) is 5.27. The van der Waals surface area contributed by atoms with Gasteiger partial charge in [-0.2, -0.15) is 5.26 Å². The van der Waals surface area contributed by atoms with E-state index >= 15 is 0 Å². The number of rotatable bonds is 6. The molecule has 0 N–H and O–H groups in total. The van der Waals surface area contributed by atoms with Crippen LogP contribution in [0.5, 0.6) is 5.75 Å². The van der Waals surface area contributed by atoms with Gasteiger partial charge in [0.15, 0.2) is 0 Å². The maximum absolute atomic E-state index is 13.1. The Bertz CT molecular complexity index is 1120. The summed E-state index contributed by atoms with van der Waals surface area (Å²) in [7, 11) is 0. The fraction of sp³-hybridized carbons (Fsp3) is 0.0455. The molecule has 144 valence electrons. The highest BCUT2D eigenvalue weighted by Crippen LogP contribution is 2.29. The van der Waals surface area contributed by atoms with Crippen molar-refractivity contribution in [3.8, 4) is 11.8 Å². The van der Waals surface area contributed by atoms with E-state index in [1.54, 1.807) is 48.5 Å². The van der Waals surface area contributed by atoms with E-state index in [9.17, 15) is 19.8 Å². The lowest BCUT2D eigenvalue weighted by molar-refractivity contribution is -0.384. The van der Waals surface area contributed by atoms with Gasteiger partial charge in [0.2, 0.25) is 0 Å². The predicted octanol–water partition coefficient (Wildman–Crippen LogP) is 6.14. The summed E-state index contributed by atoms with van der Waals surface area (Å²) in [5.41, 5.74) is 2.48. The molecular weight excluding hydrogens is 439 g/mol. The molecule has 0 amide bonds. The van der Waals surface area contributed by atoms with Crippen LogP contribution in [0.2, 0.25) is 0 Å². The summed E-state index contributed by atoms with van der Waals surface area (Å²) >= 11 is 3.44. The molecule has 0 aliphatic carbocycles. The Morgan fingerprint density at radius 2 is 1.93 bits per heavy atom. The second-order valence-electron chi connectivity index (χ2n) is 6.08. The average molecular weight is 453 g/mol. The number of allylic oxidation sites excluding steroid dienone is 1. The van der Waals surface area contributed by atoms with Crippen LogP contribution >= 0.6 is 15.9 Å². The summed E-state index contributed by atoms with van der Waals surface area (Å²) in [6, 6.07) is 19.4. The molecule has 0 aliphatic heterocycles. The van der Waals surface area contributed by atoms with Crippen molar-refractivity contribution in [1.29, 1.82) is 5.26 Å². The highest BCUT2D eigenvalue weighted by Gasteiger charge is 2.08. The van der Waals surface area contributed by atoms with Gasteiger partial charge in [0.05, 0.1) is 21.0 Å². The van der Waals surface area contributed by atoms with Crippen LogP contribution in [0.25, 0.3) is 11.6 Å². The van der Waals surface area contributed by atoms with Crippen molar-refractivity contribution in [2.24, 2.45) is 0 Å². The largest absolute Gasteiger partial charge is 0.488 e.